The lowest BCUT2D eigenvalue weighted by Crippen LogP contribution is -2.50. The minimum absolute atomic E-state index is 0.0367. The zero-order chi connectivity index (χ0) is 49.9. The first-order chi connectivity index (χ1) is 33.1. The molecule has 0 saturated heterocycles. The molecule has 0 radical (unpaired) electrons. The highest BCUT2D eigenvalue weighted by molar-refractivity contribution is 5.72. The standard InChI is InChI=1S/C60H103NO7/c1-6-8-10-12-14-16-18-20-22-24-26-28-29-31-32-34-36-38-40-42-44-46-48-50-58(62)67-55-56(54-66-53-52-57(60(64)65)61(3,4)5)68-59(63)51-49-47-45-43-41-39-37-35-33-30-27-25-23-21-19-17-15-13-11-9-7-2/h15,17,21,23,26-28,30-32,35,37,41,43,56-57H,6-14,16,18-20,22,24-25,29,33-34,36,38-40,42,44-55H2,1-5H3/p+1/b17-15+,23-21+,28-26+,30-27+,32-31+,37-35+,43-41+. The number of rotatable bonds is 49. The minimum atomic E-state index is -0.885. The zero-order valence-corrected chi connectivity index (χ0v) is 44.5. The van der Waals surface area contributed by atoms with Crippen molar-refractivity contribution < 1.29 is 38.2 Å². The molecule has 0 aliphatic rings. The Labute approximate surface area is 418 Å². The first-order valence-electron chi connectivity index (χ1n) is 27.6. The van der Waals surface area contributed by atoms with Crippen LogP contribution in [-0.2, 0) is 28.6 Å². The molecule has 0 aliphatic heterocycles. The van der Waals surface area contributed by atoms with Crippen molar-refractivity contribution in [2.45, 2.75) is 238 Å². The molecule has 8 nitrogen and oxygen atoms in total. The van der Waals surface area contributed by atoms with Gasteiger partial charge in [-0.2, -0.15) is 0 Å². The van der Waals surface area contributed by atoms with Gasteiger partial charge in [-0.1, -0.05) is 195 Å². The van der Waals surface area contributed by atoms with Gasteiger partial charge in [0.25, 0.3) is 0 Å². The lowest BCUT2D eigenvalue weighted by molar-refractivity contribution is -0.887. The van der Waals surface area contributed by atoms with Gasteiger partial charge in [-0.3, -0.25) is 9.59 Å². The summed E-state index contributed by atoms with van der Waals surface area (Å²) in [5.74, 6) is -1.54. The Bertz CT molecular complexity index is 1380. The van der Waals surface area contributed by atoms with Crippen LogP contribution in [0.5, 0.6) is 0 Å². The maximum atomic E-state index is 12.8. The van der Waals surface area contributed by atoms with E-state index in [0.29, 0.717) is 19.3 Å². The lowest BCUT2D eigenvalue weighted by Gasteiger charge is -2.31. The van der Waals surface area contributed by atoms with Gasteiger partial charge in [0.15, 0.2) is 12.1 Å². The van der Waals surface area contributed by atoms with Crippen LogP contribution in [0.1, 0.15) is 226 Å². The number of carbonyl (C=O) groups excluding carboxylic acids is 2. The van der Waals surface area contributed by atoms with Gasteiger partial charge < -0.3 is 23.8 Å². The second kappa shape index (κ2) is 49.9. The molecule has 0 aromatic rings. The van der Waals surface area contributed by atoms with Gasteiger partial charge in [-0.15, -0.1) is 0 Å². The summed E-state index contributed by atoms with van der Waals surface area (Å²) in [5, 5.41) is 9.67. The van der Waals surface area contributed by atoms with Crippen LogP contribution in [0.2, 0.25) is 0 Å². The molecule has 0 amide bonds. The summed E-state index contributed by atoms with van der Waals surface area (Å²) >= 11 is 0. The summed E-state index contributed by atoms with van der Waals surface area (Å²) in [7, 11) is 5.51. The van der Waals surface area contributed by atoms with Crippen LogP contribution in [-0.4, -0.2) is 80.6 Å². The number of carboxylic acid groups (broad SMARTS) is 1. The van der Waals surface area contributed by atoms with Gasteiger partial charge in [0.1, 0.15) is 6.61 Å². The topological polar surface area (TPSA) is 99.1 Å². The van der Waals surface area contributed by atoms with Gasteiger partial charge in [0.2, 0.25) is 0 Å². The fourth-order valence-corrected chi connectivity index (χ4v) is 7.73. The number of allylic oxidation sites excluding steroid dienone is 14. The molecule has 1 N–H and O–H groups in total. The highest BCUT2D eigenvalue weighted by atomic mass is 16.6. The van der Waals surface area contributed by atoms with E-state index in [0.717, 1.165) is 70.6 Å². The molecule has 0 saturated carbocycles. The van der Waals surface area contributed by atoms with Crippen LogP contribution >= 0.6 is 0 Å². The van der Waals surface area contributed by atoms with Crippen LogP contribution in [0.15, 0.2) is 85.1 Å². The van der Waals surface area contributed by atoms with E-state index in [9.17, 15) is 19.5 Å². The highest BCUT2D eigenvalue weighted by Crippen LogP contribution is 2.14. The third-order valence-corrected chi connectivity index (χ3v) is 12.0. The molecule has 0 aromatic heterocycles. The summed E-state index contributed by atoms with van der Waals surface area (Å²) in [6.45, 7) is 4.66. The number of carboxylic acids is 1. The van der Waals surface area contributed by atoms with E-state index in [1.165, 1.54) is 116 Å². The molecule has 0 aromatic carbocycles. The van der Waals surface area contributed by atoms with Gasteiger partial charge >= 0.3 is 17.9 Å². The summed E-state index contributed by atoms with van der Waals surface area (Å²) in [6, 6.07) is -0.630. The Morgan fingerprint density at radius 1 is 0.441 bits per heavy atom. The first kappa shape index (κ1) is 64.5. The van der Waals surface area contributed by atoms with Gasteiger partial charge in [0, 0.05) is 19.3 Å². The molecule has 0 bridgehead atoms. The lowest BCUT2D eigenvalue weighted by atomic mass is 10.1. The molecule has 8 heteroatoms. The molecule has 2 unspecified atom stereocenters. The summed E-state index contributed by atoms with van der Waals surface area (Å²) in [4.78, 5) is 37.2. The van der Waals surface area contributed by atoms with Crippen molar-refractivity contribution in [1.29, 1.82) is 0 Å². The van der Waals surface area contributed by atoms with Crippen molar-refractivity contribution in [1.82, 2.24) is 0 Å². The van der Waals surface area contributed by atoms with Crippen molar-refractivity contribution in [2.75, 3.05) is 41.0 Å². The molecule has 0 fully saturated rings. The summed E-state index contributed by atoms with van der Waals surface area (Å²) in [5.41, 5.74) is 0. The maximum Gasteiger partial charge on any atom is 0.362 e. The normalized spacial score (nSPS) is 13.5. The molecule has 0 rings (SSSR count). The predicted octanol–water partition coefficient (Wildman–Crippen LogP) is 16.4. The fourth-order valence-electron chi connectivity index (χ4n) is 7.73. The van der Waals surface area contributed by atoms with Crippen molar-refractivity contribution in [2.24, 2.45) is 0 Å². The minimum Gasteiger partial charge on any atom is -0.477 e. The van der Waals surface area contributed by atoms with Crippen molar-refractivity contribution >= 4 is 17.9 Å². The van der Waals surface area contributed by atoms with Gasteiger partial charge in [-0.05, 0) is 96.3 Å². The predicted molar refractivity (Wildman–Crippen MR) is 289 cm³/mol. The summed E-state index contributed by atoms with van der Waals surface area (Å²) < 4.78 is 17.3. The number of likely N-dealkylation sites (N-methyl/N-ethyl adjacent to an activating group) is 1. The Hall–Kier alpha value is -3.49. The number of carbonyl (C=O) groups is 3. The second-order valence-electron chi connectivity index (χ2n) is 19.5. The molecule has 0 aliphatic carbocycles. The quantitative estimate of drug-likeness (QED) is 0.0281. The van der Waals surface area contributed by atoms with Crippen LogP contribution < -0.4 is 0 Å². The van der Waals surface area contributed by atoms with E-state index in [1.807, 2.05) is 21.1 Å². The SMILES string of the molecule is CCCCC/C=C/C/C=C/C/C=C/C/C=C/C/C=C/CCCCC(=O)OC(COCCC(C(=O)O)[N+](C)(C)C)COC(=O)CCCCCCCCC/C=C/C/C=C/CCCCCCCCCCC. The summed E-state index contributed by atoms with van der Waals surface area (Å²) in [6.07, 6.45) is 66.4. The molecule has 0 heterocycles. The largest absolute Gasteiger partial charge is 0.477 e. The molecule has 68 heavy (non-hydrogen) atoms. The first-order valence-corrected chi connectivity index (χ1v) is 27.6. The third-order valence-electron chi connectivity index (χ3n) is 12.0. The van der Waals surface area contributed by atoms with Crippen molar-refractivity contribution in [3.8, 4) is 0 Å². The number of ether oxygens (including phenoxy) is 3. The number of unbranched alkanes of at least 4 members (excludes halogenated alkanes) is 21. The van der Waals surface area contributed by atoms with Crippen LogP contribution in [0.25, 0.3) is 0 Å². The van der Waals surface area contributed by atoms with E-state index < -0.39 is 18.1 Å². The van der Waals surface area contributed by atoms with Gasteiger partial charge in [0.05, 0.1) is 34.4 Å². The van der Waals surface area contributed by atoms with E-state index in [-0.39, 0.29) is 42.7 Å². The molecular weight excluding hydrogens is 847 g/mol. The van der Waals surface area contributed by atoms with E-state index >= 15 is 0 Å². The monoisotopic (exact) mass is 951 g/mol. The molecular formula is C60H104NO7+. The Morgan fingerprint density at radius 3 is 1.21 bits per heavy atom. The third kappa shape index (κ3) is 47.6. The number of hydrogen-bond acceptors (Lipinski definition) is 6. The zero-order valence-electron chi connectivity index (χ0n) is 44.5. The maximum absolute atomic E-state index is 12.8. The Balaban J connectivity index is 4.31. The van der Waals surface area contributed by atoms with Crippen LogP contribution in [0.3, 0.4) is 0 Å². The molecule has 0 spiro atoms. The number of quaternary nitrogens is 1. The van der Waals surface area contributed by atoms with Crippen LogP contribution in [0.4, 0.5) is 0 Å². The van der Waals surface area contributed by atoms with Gasteiger partial charge in [-0.25, -0.2) is 4.79 Å². The van der Waals surface area contributed by atoms with E-state index in [1.54, 1.807) is 0 Å². The van der Waals surface area contributed by atoms with E-state index in [4.69, 9.17) is 14.2 Å². The van der Waals surface area contributed by atoms with Crippen LogP contribution in [0, 0.1) is 0 Å². The highest BCUT2D eigenvalue weighted by Gasteiger charge is 2.31. The Kier molecular flexibility index (Phi) is 47.4. The molecule has 2 atom stereocenters. The number of nitrogens with zero attached hydrogens (tertiary/aromatic N) is 1. The Morgan fingerprint density at radius 2 is 0.779 bits per heavy atom. The number of esters is 2. The number of hydrogen-bond donors (Lipinski definition) is 1. The average Bonchev–Trinajstić information content (AvgIpc) is 3.30. The second-order valence-corrected chi connectivity index (χ2v) is 19.5. The van der Waals surface area contributed by atoms with Crippen molar-refractivity contribution in [3.05, 3.63) is 85.1 Å². The smallest absolute Gasteiger partial charge is 0.362 e. The average molecular weight is 951 g/mol. The van der Waals surface area contributed by atoms with Crippen molar-refractivity contribution in [3.63, 3.8) is 0 Å². The van der Waals surface area contributed by atoms with E-state index in [2.05, 4.69) is 98.9 Å². The fraction of sp³-hybridized carbons (Fsp3) is 0.717. The molecule has 390 valence electrons. The number of aliphatic carboxylic acids is 1.